The molecule has 2 aromatic carbocycles. The molecule has 0 bridgehead atoms. The van der Waals surface area contributed by atoms with Crippen LogP contribution >= 0.6 is 0 Å². The standard InChI is InChI=1S/C22H27N3O2/c1-2-17-6-3-7-20-18(15-25-21(17)20)12-14-24-22(27)23-13-4-5-16-8-10-19(26)11-9-16/h3,6-11,15,25-26H,2,4-5,12-14H2,1H3,(H2,23,24,27). The Labute approximate surface area is 159 Å². The van der Waals surface area contributed by atoms with Crippen molar-refractivity contribution in [2.75, 3.05) is 13.1 Å². The molecule has 142 valence electrons. The number of H-pyrrole nitrogens is 1. The second-order valence-corrected chi connectivity index (χ2v) is 6.71. The number of rotatable bonds is 8. The smallest absolute Gasteiger partial charge is 0.314 e. The Balaban J connectivity index is 1.38. The van der Waals surface area contributed by atoms with E-state index in [1.54, 1.807) is 12.1 Å². The van der Waals surface area contributed by atoms with E-state index in [0.29, 0.717) is 13.1 Å². The number of fused-ring (bicyclic) bond motifs is 1. The van der Waals surface area contributed by atoms with Gasteiger partial charge >= 0.3 is 6.03 Å². The maximum absolute atomic E-state index is 11.9. The van der Waals surface area contributed by atoms with E-state index in [2.05, 4.69) is 40.7 Å². The van der Waals surface area contributed by atoms with Crippen molar-refractivity contribution in [3.8, 4) is 5.75 Å². The lowest BCUT2D eigenvalue weighted by molar-refractivity contribution is 0.241. The largest absolute Gasteiger partial charge is 0.508 e. The van der Waals surface area contributed by atoms with Gasteiger partial charge in [0, 0.05) is 30.2 Å². The lowest BCUT2D eigenvalue weighted by atomic mass is 10.1. The van der Waals surface area contributed by atoms with E-state index in [1.165, 1.54) is 22.0 Å². The molecule has 0 aliphatic rings. The third-order valence-corrected chi connectivity index (χ3v) is 4.81. The number of para-hydroxylation sites is 1. The molecule has 0 aliphatic carbocycles. The molecule has 0 spiro atoms. The summed E-state index contributed by atoms with van der Waals surface area (Å²) in [5.41, 5.74) is 4.90. The number of aromatic amines is 1. The van der Waals surface area contributed by atoms with Crippen LogP contribution in [-0.4, -0.2) is 29.2 Å². The molecule has 1 aromatic heterocycles. The van der Waals surface area contributed by atoms with Gasteiger partial charge in [0.1, 0.15) is 5.75 Å². The molecule has 0 radical (unpaired) electrons. The molecule has 1 heterocycles. The first-order valence-electron chi connectivity index (χ1n) is 9.55. The minimum Gasteiger partial charge on any atom is -0.508 e. The topological polar surface area (TPSA) is 77.2 Å². The van der Waals surface area contributed by atoms with Crippen molar-refractivity contribution in [2.24, 2.45) is 0 Å². The van der Waals surface area contributed by atoms with Crippen LogP contribution in [0, 0.1) is 0 Å². The first-order valence-corrected chi connectivity index (χ1v) is 9.55. The summed E-state index contributed by atoms with van der Waals surface area (Å²) in [7, 11) is 0. The minimum atomic E-state index is -0.130. The van der Waals surface area contributed by atoms with Crippen LogP contribution in [0.3, 0.4) is 0 Å². The molecular formula is C22H27N3O2. The number of carbonyl (C=O) groups is 1. The summed E-state index contributed by atoms with van der Waals surface area (Å²) in [4.78, 5) is 15.3. The third kappa shape index (κ3) is 5.03. The van der Waals surface area contributed by atoms with Gasteiger partial charge in [-0.05, 0) is 54.5 Å². The number of aryl methyl sites for hydroxylation is 2. The molecular weight excluding hydrogens is 338 g/mol. The number of aromatic nitrogens is 1. The van der Waals surface area contributed by atoms with Crippen LogP contribution in [0.15, 0.2) is 48.7 Å². The summed E-state index contributed by atoms with van der Waals surface area (Å²) in [6.07, 6.45) is 5.58. The van der Waals surface area contributed by atoms with Gasteiger partial charge < -0.3 is 20.7 Å². The van der Waals surface area contributed by atoms with Gasteiger partial charge in [0.05, 0.1) is 0 Å². The zero-order chi connectivity index (χ0) is 19.1. The number of hydrogen-bond donors (Lipinski definition) is 4. The maximum Gasteiger partial charge on any atom is 0.314 e. The molecule has 3 rings (SSSR count). The summed E-state index contributed by atoms with van der Waals surface area (Å²) < 4.78 is 0. The van der Waals surface area contributed by atoms with Crippen LogP contribution in [0.25, 0.3) is 10.9 Å². The molecule has 5 heteroatoms. The first kappa shape index (κ1) is 18.8. The van der Waals surface area contributed by atoms with Crippen molar-refractivity contribution in [1.29, 1.82) is 0 Å². The average molecular weight is 365 g/mol. The summed E-state index contributed by atoms with van der Waals surface area (Å²) in [5, 5.41) is 16.3. The highest BCUT2D eigenvalue weighted by Gasteiger charge is 2.07. The summed E-state index contributed by atoms with van der Waals surface area (Å²) >= 11 is 0. The molecule has 0 unspecified atom stereocenters. The minimum absolute atomic E-state index is 0.130. The van der Waals surface area contributed by atoms with E-state index in [9.17, 15) is 9.90 Å². The number of carbonyl (C=O) groups excluding carboxylic acids is 1. The second kappa shape index (κ2) is 9.12. The quantitative estimate of drug-likeness (QED) is 0.457. The molecule has 0 saturated heterocycles. The normalized spacial score (nSPS) is 10.9. The number of urea groups is 1. The van der Waals surface area contributed by atoms with Gasteiger partial charge in [-0.1, -0.05) is 37.3 Å². The van der Waals surface area contributed by atoms with Crippen LogP contribution in [0.1, 0.15) is 30.0 Å². The Morgan fingerprint density at radius 2 is 1.78 bits per heavy atom. The molecule has 2 amide bonds. The van der Waals surface area contributed by atoms with Gasteiger partial charge in [-0.25, -0.2) is 4.79 Å². The van der Waals surface area contributed by atoms with E-state index >= 15 is 0 Å². The fourth-order valence-electron chi connectivity index (χ4n) is 3.31. The van der Waals surface area contributed by atoms with Crippen molar-refractivity contribution in [3.63, 3.8) is 0 Å². The molecule has 0 fully saturated rings. The van der Waals surface area contributed by atoms with Crippen LogP contribution < -0.4 is 10.6 Å². The van der Waals surface area contributed by atoms with Crippen molar-refractivity contribution in [1.82, 2.24) is 15.6 Å². The lowest BCUT2D eigenvalue weighted by Crippen LogP contribution is -2.37. The SMILES string of the molecule is CCc1cccc2c(CCNC(=O)NCCCc3ccc(O)cc3)c[nH]c12. The fraction of sp³-hybridized carbons (Fsp3) is 0.318. The van der Waals surface area contributed by atoms with Crippen molar-refractivity contribution < 1.29 is 9.90 Å². The Bertz CT molecular complexity index is 884. The van der Waals surface area contributed by atoms with E-state index in [1.807, 2.05) is 18.3 Å². The van der Waals surface area contributed by atoms with Gasteiger partial charge in [-0.2, -0.15) is 0 Å². The summed E-state index contributed by atoms with van der Waals surface area (Å²) in [5.74, 6) is 0.275. The average Bonchev–Trinajstić information content (AvgIpc) is 3.10. The van der Waals surface area contributed by atoms with Gasteiger partial charge in [-0.15, -0.1) is 0 Å². The van der Waals surface area contributed by atoms with E-state index < -0.39 is 0 Å². The van der Waals surface area contributed by atoms with Crippen LogP contribution in [0.2, 0.25) is 0 Å². The number of amides is 2. The number of phenolic OH excluding ortho intramolecular Hbond substituents is 1. The predicted octanol–water partition coefficient (Wildman–Crippen LogP) is 3.91. The fourth-order valence-corrected chi connectivity index (χ4v) is 3.31. The van der Waals surface area contributed by atoms with Crippen molar-refractivity contribution >= 4 is 16.9 Å². The maximum atomic E-state index is 11.9. The Morgan fingerprint density at radius 3 is 2.56 bits per heavy atom. The molecule has 27 heavy (non-hydrogen) atoms. The Morgan fingerprint density at radius 1 is 1.00 bits per heavy atom. The van der Waals surface area contributed by atoms with E-state index in [4.69, 9.17) is 0 Å². The summed E-state index contributed by atoms with van der Waals surface area (Å²) in [6, 6.07) is 13.4. The Kier molecular flexibility index (Phi) is 6.36. The van der Waals surface area contributed by atoms with Crippen LogP contribution in [0.5, 0.6) is 5.75 Å². The number of hydrogen-bond acceptors (Lipinski definition) is 2. The molecule has 3 aromatic rings. The van der Waals surface area contributed by atoms with E-state index in [-0.39, 0.29) is 11.8 Å². The number of nitrogens with one attached hydrogen (secondary N) is 3. The monoisotopic (exact) mass is 365 g/mol. The second-order valence-electron chi connectivity index (χ2n) is 6.71. The molecule has 4 N–H and O–H groups in total. The first-order chi connectivity index (χ1) is 13.2. The van der Waals surface area contributed by atoms with E-state index in [0.717, 1.165) is 31.2 Å². The highest BCUT2D eigenvalue weighted by molar-refractivity contribution is 5.86. The van der Waals surface area contributed by atoms with Gasteiger partial charge in [0.15, 0.2) is 0 Å². The van der Waals surface area contributed by atoms with Gasteiger partial charge in [0.2, 0.25) is 0 Å². The van der Waals surface area contributed by atoms with Crippen LogP contribution in [0.4, 0.5) is 4.79 Å². The van der Waals surface area contributed by atoms with Gasteiger partial charge in [-0.3, -0.25) is 0 Å². The Hall–Kier alpha value is -2.95. The highest BCUT2D eigenvalue weighted by Crippen LogP contribution is 2.22. The highest BCUT2D eigenvalue weighted by atomic mass is 16.3. The zero-order valence-corrected chi connectivity index (χ0v) is 15.7. The summed E-state index contributed by atoms with van der Waals surface area (Å²) in [6.45, 7) is 3.38. The van der Waals surface area contributed by atoms with Crippen molar-refractivity contribution in [3.05, 3.63) is 65.4 Å². The zero-order valence-electron chi connectivity index (χ0n) is 15.7. The number of benzene rings is 2. The predicted molar refractivity (Wildman–Crippen MR) is 109 cm³/mol. The van der Waals surface area contributed by atoms with Crippen LogP contribution in [-0.2, 0) is 19.3 Å². The molecule has 0 atom stereocenters. The van der Waals surface area contributed by atoms with Crippen molar-refractivity contribution in [2.45, 2.75) is 32.6 Å². The third-order valence-electron chi connectivity index (χ3n) is 4.81. The molecule has 0 saturated carbocycles. The number of aromatic hydroxyl groups is 1. The number of phenols is 1. The lowest BCUT2D eigenvalue weighted by Gasteiger charge is -2.08. The molecule has 0 aliphatic heterocycles. The molecule has 5 nitrogen and oxygen atoms in total. The van der Waals surface area contributed by atoms with Gasteiger partial charge in [0.25, 0.3) is 0 Å².